The summed E-state index contributed by atoms with van der Waals surface area (Å²) >= 11 is 11.7. The predicted molar refractivity (Wildman–Crippen MR) is 67.2 cm³/mol. The van der Waals surface area contributed by atoms with E-state index in [4.69, 9.17) is 23.2 Å². The third-order valence-electron chi connectivity index (χ3n) is 2.36. The van der Waals surface area contributed by atoms with Gasteiger partial charge < -0.3 is 0 Å². The minimum absolute atomic E-state index is 0.166. The molecule has 106 valence electrons. The van der Waals surface area contributed by atoms with Crippen LogP contribution in [-0.2, 0) is 6.42 Å². The Kier molecular flexibility index (Phi) is 4.15. The standard InChI is InChI=1S/C12H6Cl2F4N2/c13-10-9(6-1-3-7(15)4-2-6)11(14)20-8(19-10)5-12(16,17)18/h1-4H,5H2. The van der Waals surface area contributed by atoms with Crippen LogP contribution >= 0.6 is 23.2 Å². The maximum Gasteiger partial charge on any atom is 0.396 e. The van der Waals surface area contributed by atoms with Gasteiger partial charge in [-0.25, -0.2) is 14.4 Å². The Hall–Kier alpha value is -1.40. The van der Waals surface area contributed by atoms with Crippen LogP contribution in [0.5, 0.6) is 0 Å². The molecule has 0 unspecified atom stereocenters. The smallest absolute Gasteiger partial charge is 0.220 e. The van der Waals surface area contributed by atoms with E-state index < -0.39 is 24.2 Å². The third-order valence-corrected chi connectivity index (χ3v) is 2.91. The van der Waals surface area contributed by atoms with Gasteiger partial charge in [0.25, 0.3) is 0 Å². The van der Waals surface area contributed by atoms with Crippen molar-refractivity contribution in [3.8, 4) is 11.1 Å². The van der Waals surface area contributed by atoms with Gasteiger partial charge in [0.05, 0.1) is 5.56 Å². The van der Waals surface area contributed by atoms with Gasteiger partial charge in [-0.15, -0.1) is 0 Å². The molecule has 0 aliphatic heterocycles. The van der Waals surface area contributed by atoms with Crippen LogP contribution in [0.25, 0.3) is 11.1 Å². The number of rotatable bonds is 2. The number of aromatic nitrogens is 2. The molecule has 0 amide bonds. The lowest BCUT2D eigenvalue weighted by Gasteiger charge is -2.10. The van der Waals surface area contributed by atoms with Gasteiger partial charge in [0.15, 0.2) is 0 Å². The van der Waals surface area contributed by atoms with Crippen LogP contribution in [0.15, 0.2) is 24.3 Å². The second-order valence-electron chi connectivity index (χ2n) is 3.90. The van der Waals surface area contributed by atoms with E-state index in [0.29, 0.717) is 5.56 Å². The summed E-state index contributed by atoms with van der Waals surface area (Å²) in [5.74, 6) is -0.978. The Morgan fingerprint density at radius 1 is 0.950 bits per heavy atom. The van der Waals surface area contributed by atoms with Crippen molar-refractivity contribution in [3.05, 3.63) is 46.2 Å². The summed E-state index contributed by atoms with van der Waals surface area (Å²) < 4.78 is 49.6. The summed E-state index contributed by atoms with van der Waals surface area (Å²) in [6, 6.07) is 5.11. The predicted octanol–water partition coefficient (Wildman–Crippen LogP) is 4.69. The summed E-state index contributed by atoms with van der Waals surface area (Å²) in [7, 11) is 0. The Labute approximate surface area is 121 Å². The molecule has 0 spiro atoms. The monoisotopic (exact) mass is 324 g/mol. The first-order chi connectivity index (χ1) is 9.26. The van der Waals surface area contributed by atoms with Gasteiger partial charge in [-0.1, -0.05) is 35.3 Å². The first-order valence-electron chi connectivity index (χ1n) is 5.31. The number of nitrogens with zero attached hydrogens (tertiary/aromatic N) is 2. The van der Waals surface area contributed by atoms with Crippen LogP contribution in [0.2, 0.25) is 10.3 Å². The highest BCUT2D eigenvalue weighted by molar-refractivity contribution is 6.37. The van der Waals surface area contributed by atoms with Gasteiger partial charge in [-0.2, -0.15) is 13.2 Å². The number of benzene rings is 1. The number of halogens is 6. The third kappa shape index (κ3) is 3.58. The molecular formula is C12H6Cl2F4N2. The van der Waals surface area contributed by atoms with Crippen molar-refractivity contribution in [2.75, 3.05) is 0 Å². The summed E-state index contributed by atoms with van der Waals surface area (Å²) in [5, 5.41) is -0.424. The van der Waals surface area contributed by atoms with E-state index in [1.54, 1.807) is 0 Å². The largest absolute Gasteiger partial charge is 0.396 e. The minimum atomic E-state index is -4.45. The quantitative estimate of drug-likeness (QED) is 0.591. The molecule has 0 atom stereocenters. The van der Waals surface area contributed by atoms with Crippen LogP contribution < -0.4 is 0 Å². The average Bonchev–Trinajstić information content (AvgIpc) is 2.28. The molecule has 0 aliphatic carbocycles. The zero-order valence-corrected chi connectivity index (χ0v) is 11.2. The molecule has 20 heavy (non-hydrogen) atoms. The van der Waals surface area contributed by atoms with E-state index in [-0.39, 0.29) is 15.9 Å². The van der Waals surface area contributed by atoms with Crippen molar-refractivity contribution in [1.82, 2.24) is 9.97 Å². The van der Waals surface area contributed by atoms with Crippen molar-refractivity contribution in [1.29, 1.82) is 0 Å². The Bertz CT molecular complexity index is 603. The van der Waals surface area contributed by atoms with Gasteiger partial charge in [-0.05, 0) is 17.7 Å². The van der Waals surface area contributed by atoms with Gasteiger partial charge in [-0.3, -0.25) is 0 Å². The van der Waals surface area contributed by atoms with Crippen molar-refractivity contribution in [2.24, 2.45) is 0 Å². The van der Waals surface area contributed by atoms with Gasteiger partial charge in [0, 0.05) is 0 Å². The maximum absolute atomic E-state index is 12.8. The molecule has 8 heteroatoms. The molecule has 2 rings (SSSR count). The van der Waals surface area contributed by atoms with E-state index in [1.807, 2.05) is 0 Å². The van der Waals surface area contributed by atoms with E-state index in [9.17, 15) is 17.6 Å². The van der Waals surface area contributed by atoms with Crippen LogP contribution in [0.1, 0.15) is 5.82 Å². The molecule has 0 saturated carbocycles. The van der Waals surface area contributed by atoms with Crippen LogP contribution in [-0.4, -0.2) is 16.1 Å². The Morgan fingerprint density at radius 3 is 1.90 bits per heavy atom. The topological polar surface area (TPSA) is 25.8 Å². The number of hydrogen-bond donors (Lipinski definition) is 0. The molecule has 1 aromatic heterocycles. The van der Waals surface area contributed by atoms with E-state index in [1.165, 1.54) is 24.3 Å². The average molecular weight is 325 g/mol. The van der Waals surface area contributed by atoms with Crippen molar-refractivity contribution in [3.63, 3.8) is 0 Å². The lowest BCUT2D eigenvalue weighted by molar-refractivity contribution is -0.128. The van der Waals surface area contributed by atoms with E-state index in [0.717, 1.165) is 0 Å². The van der Waals surface area contributed by atoms with Crippen molar-refractivity contribution in [2.45, 2.75) is 12.6 Å². The first-order valence-corrected chi connectivity index (χ1v) is 6.06. The van der Waals surface area contributed by atoms with Gasteiger partial charge in [0.1, 0.15) is 28.4 Å². The second kappa shape index (κ2) is 5.54. The maximum atomic E-state index is 12.8. The molecule has 0 bridgehead atoms. The lowest BCUT2D eigenvalue weighted by atomic mass is 10.1. The highest BCUT2D eigenvalue weighted by atomic mass is 35.5. The minimum Gasteiger partial charge on any atom is -0.220 e. The molecule has 2 aromatic rings. The molecule has 0 saturated heterocycles. The fraction of sp³-hybridized carbons (Fsp3) is 0.167. The van der Waals surface area contributed by atoms with Gasteiger partial charge in [0.2, 0.25) is 0 Å². The van der Waals surface area contributed by atoms with Crippen molar-refractivity contribution >= 4 is 23.2 Å². The highest BCUT2D eigenvalue weighted by Gasteiger charge is 2.30. The second-order valence-corrected chi connectivity index (χ2v) is 4.61. The van der Waals surface area contributed by atoms with Crippen molar-refractivity contribution < 1.29 is 17.6 Å². The first kappa shape index (κ1) is 15.0. The molecule has 0 fully saturated rings. The van der Waals surface area contributed by atoms with Crippen LogP contribution in [0.4, 0.5) is 17.6 Å². The van der Waals surface area contributed by atoms with Gasteiger partial charge >= 0.3 is 6.18 Å². The highest BCUT2D eigenvalue weighted by Crippen LogP contribution is 2.33. The van der Waals surface area contributed by atoms with E-state index in [2.05, 4.69) is 9.97 Å². The molecule has 0 N–H and O–H groups in total. The molecule has 1 heterocycles. The summed E-state index contributed by atoms with van der Waals surface area (Å²) in [5.41, 5.74) is 0.583. The molecule has 0 aliphatic rings. The van der Waals surface area contributed by atoms with E-state index >= 15 is 0 Å². The Morgan fingerprint density at radius 2 is 1.45 bits per heavy atom. The zero-order valence-electron chi connectivity index (χ0n) is 9.68. The molecular weight excluding hydrogens is 319 g/mol. The SMILES string of the molecule is Fc1ccc(-c2c(Cl)nc(CC(F)(F)F)nc2Cl)cc1. The fourth-order valence-electron chi connectivity index (χ4n) is 1.56. The number of alkyl halides is 3. The summed E-state index contributed by atoms with van der Waals surface area (Å²) in [6.07, 6.45) is -5.78. The summed E-state index contributed by atoms with van der Waals surface area (Å²) in [6.45, 7) is 0. The van der Waals surface area contributed by atoms with Crippen LogP contribution in [0.3, 0.4) is 0 Å². The lowest BCUT2D eigenvalue weighted by Crippen LogP contribution is -2.14. The molecule has 0 radical (unpaired) electrons. The molecule has 2 nitrogen and oxygen atoms in total. The normalized spacial score (nSPS) is 11.7. The fourth-order valence-corrected chi connectivity index (χ4v) is 2.20. The number of hydrogen-bond acceptors (Lipinski definition) is 2. The summed E-state index contributed by atoms with van der Waals surface area (Å²) in [4.78, 5) is 7.15. The Balaban J connectivity index is 2.43. The zero-order chi connectivity index (χ0) is 14.9. The van der Waals surface area contributed by atoms with Crippen LogP contribution in [0, 0.1) is 5.82 Å². The molecule has 1 aromatic carbocycles.